The fourth-order valence-electron chi connectivity index (χ4n) is 2.75. The van der Waals surface area contributed by atoms with Crippen molar-refractivity contribution in [1.29, 1.82) is 0 Å². The molecule has 136 valence electrons. The van der Waals surface area contributed by atoms with Crippen molar-refractivity contribution in [2.45, 2.75) is 43.1 Å². The van der Waals surface area contributed by atoms with Crippen LogP contribution in [0.5, 0.6) is 0 Å². The molecule has 0 spiro atoms. The van der Waals surface area contributed by atoms with Gasteiger partial charge in [0.05, 0.1) is 24.0 Å². The molecule has 1 heterocycles. The van der Waals surface area contributed by atoms with Gasteiger partial charge in [-0.05, 0) is 5.56 Å². The summed E-state index contributed by atoms with van der Waals surface area (Å²) < 4.78 is 28.8. The summed E-state index contributed by atoms with van der Waals surface area (Å²) >= 11 is 0. The minimum absolute atomic E-state index is 0.108. The summed E-state index contributed by atoms with van der Waals surface area (Å²) in [7, 11) is -0.504. The van der Waals surface area contributed by atoms with E-state index in [-0.39, 0.29) is 12.4 Å². The van der Waals surface area contributed by atoms with Gasteiger partial charge in [0.25, 0.3) is 0 Å². The molecule has 8 heteroatoms. The van der Waals surface area contributed by atoms with E-state index < -0.39 is 46.9 Å². The van der Waals surface area contributed by atoms with Crippen LogP contribution >= 0.6 is 0 Å². The van der Waals surface area contributed by atoms with Crippen LogP contribution in [-0.2, 0) is 31.6 Å². The van der Waals surface area contributed by atoms with Crippen molar-refractivity contribution in [3.8, 4) is 0 Å². The topological polar surface area (TPSA) is 105 Å². The Labute approximate surface area is 143 Å². The van der Waals surface area contributed by atoms with Crippen molar-refractivity contribution < 1.29 is 33.7 Å². The fourth-order valence-corrected chi connectivity index (χ4v) is 4.10. The Bertz CT molecular complexity index is 540. The second-order valence-corrected chi connectivity index (χ2v) is 7.43. The van der Waals surface area contributed by atoms with Crippen molar-refractivity contribution in [3.63, 3.8) is 0 Å². The second kappa shape index (κ2) is 8.48. The van der Waals surface area contributed by atoms with Crippen LogP contribution in [0.4, 0.5) is 0 Å². The molecule has 0 saturated carbocycles. The highest BCUT2D eigenvalue weighted by Gasteiger charge is 2.59. The molecule has 1 fully saturated rings. The van der Waals surface area contributed by atoms with E-state index in [2.05, 4.69) is 0 Å². The van der Waals surface area contributed by atoms with Crippen molar-refractivity contribution in [2.75, 3.05) is 19.5 Å². The Morgan fingerprint density at radius 2 is 2.00 bits per heavy atom. The van der Waals surface area contributed by atoms with E-state index in [4.69, 9.17) is 14.2 Å². The van der Waals surface area contributed by atoms with E-state index in [1.807, 2.05) is 30.3 Å². The Morgan fingerprint density at radius 1 is 1.33 bits per heavy atom. The van der Waals surface area contributed by atoms with Crippen molar-refractivity contribution in [3.05, 3.63) is 35.9 Å². The van der Waals surface area contributed by atoms with E-state index in [0.717, 1.165) is 5.56 Å². The molecule has 1 aromatic carbocycles. The summed E-state index contributed by atoms with van der Waals surface area (Å²) in [6, 6.07) is 9.31. The molecule has 3 N–H and O–H groups in total. The molecule has 1 aliphatic rings. The van der Waals surface area contributed by atoms with Gasteiger partial charge >= 0.3 is 0 Å². The molecule has 1 aliphatic heterocycles. The number of aliphatic hydroxyl groups excluding tert-OH is 2. The Kier molecular flexibility index (Phi) is 6.88. The third-order valence-corrected chi connectivity index (χ3v) is 5.79. The van der Waals surface area contributed by atoms with Crippen molar-refractivity contribution in [1.82, 2.24) is 0 Å². The SMILES string of the molecule is CCS(=O)[C@]1(O)[C@H](O)[C@@H](CO)O[C@H](OCc2ccccc2)[C@H]1OC. The van der Waals surface area contributed by atoms with Crippen LogP contribution in [0.3, 0.4) is 0 Å². The zero-order chi connectivity index (χ0) is 17.7. The van der Waals surface area contributed by atoms with Gasteiger partial charge < -0.3 is 29.5 Å². The second-order valence-electron chi connectivity index (χ2n) is 5.51. The van der Waals surface area contributed by atoms with Gasteiger partial charge in [-0.1, -0.05) is 37.3 Å². The first-order chi connectivity index (χ1) is 11.5. The van der Waals surface area contributed by atoms with Gasteiger partial charge in [0.1, 0.15) is 12.2 Å². The van der Waals surface area contributed by atoms with E-state index in [1.165, 1.54) is 7.11 Å². The minimum atomic E-state index is -2.10. The van der Waals surface area contributed by atoms with E-state index in [0.29, 0.717) is 0 Å². The lowest BCUT2D eigenvalue weighted by molar-refractivity contribution is -0.318. The molecule has 1 unspecified atom stereocenters. The number of ether oxygens (including phenoxy) is 3. The van der Waals surface area contributed by atoms with Gasteiger partial charge in [0.2, 0.25) is 0 Å². The molecule has 1 saturated heterocycles. The Balaban J connectivity index is 2.23. The number of hydrogen-bond donors (Lipinski definition) is 3. The van der Waals surface area contributed by atoms with Crippen LogP contribution in [0.2, 0.25) is 0 Å². The standard InChI is InChI=1S/C16H24O7S/c1-3-24(20)16(19)13(18)12(9-17)23-15(14(16)21-2)22-10-11-7-5-4-6-8-11/h4-8,12-15,17-19H,3,9-10H2,1-2H3/t12-,13-,14-,15+,16-,24?/m1/s1. The van der Waals surface area contributed by atoms with Crippen LogP contribution in [-0.4, -0.2) is 68.5 Å². The van der Waals surface area contributed by atoms with Gasteiger partial charge in [-0.2, -0.15) is 0 Å². The highest BCUT2D eigenvalue weighted by molar-refractivity contribution is 7.86. The molecule has 0 amide bonds. The predicted molar refractivity (Wildman–Crippen MR) is 87.4 cm³/mol. The van der Waals surface area contributed by atoms with Gasteiger partial charge in [-0.15, -0.1) is 0 Å². The average molecular weight is 360 g/mol. The maximum atomic E-state index is 12.4. The van der Waals surface area contributed by atoms with E-state index in [9.17, 15) is 19.5 Å². The molecule has 0 radical (unpaired) electrons. The van der Waals surface area contributed by atoms with Gasteiger partial charge in [-0.3, -0.25) is 4.21 Å². The van der Waals surface area contributed by atoms with Crippen LogP contribution in [0.1, 0.15) is 12.5 Å². The summed E-state index contributed by atoms with van der Waals surface area (Å²) in [6.07, 6.45) is -4.95. The van der Waals surface area contributed by atoms with Crippen molar-refractivity contribution in [2.24, 2.45) is 0 Å². The molecule has 24 heavy (non-hydrogen) atoms. The van der Waals surface area contributed by atoms with E-state index in [1.54, 1.807) is 6.92 Å². The highest BCUT2D eigenvalue weighted by Crippen LogP contribution is 2.35. The normalized spacial score (nSPS) is 34.9. The molecule has 0 aromatic heterocycles. The average Bonchev–Trinajstić information content (AvgIpc) is 2.62. The smallest absolute Gasteiger partial charge is 0.199 e. The predicted octanol–water partition coefficient (Wildman–Crippen LogP) is -0.247. The molecule has 0 aliphatic carbocycles. The molecule has 2 rings (SSSR count). The third kappa shape index (κ3) is 3.70. The summed E-state index contributed by atoms with van der Waals surface area (Å²) in [5, 5.41) is 30.6. The van der Waals surface area contributed by atoms with Crippen molar-refractivity contribution >= 4 is 10.8 Å². The number of benzene rings is 1. The number of methoxy groups -OCH3 is 1. The molecule has 6 atom stereocenters. The molecular formula is C16H24O7S. The number of rotatable bonds is 7. The van der Waals surface area contributed by atoms with Crippen LogP contribution in [0.15, 0.2) is 30.3 Å². The summed E-state index contributed by atoms with van der Waals surface area (Å²) in [6.45, 7) is 1.25. The maximum Gasteiger partial charge on any atom is 0.199 e. The first-order valence-corrected chi connectivity index (χ1v) is 9.04. The summed E-state index contributed by atoms with van der Waals surface area (Å²) in [5.41, 5.74) is 0.878. The Hall–Kier alpha value is -0.870. The first-order valence-electron chi connectivity index (χ1n) is 7.72. The summed E-state index contributed by atoms with van der Waals surface area (Å²) in [5.74, 6) is 0.108. The fraction of sp³-hybridized carbons (Fsp3) is 0.625. The monoisotopic (exact) mass is 360 g/mol. The molecule has 0 bridgehead atoms. The summed E-state index contributed by atoms with van der Waals surface area (Å²) in [4.78, 5) is -2.10. The van der Waals surface area contributed by atoms with Crippen LogP contribution in [0, 0.1) is 0 Å². The quantitative estimate of drug-likeness (QED) is 0.616. The van der Waals surface area contributed by atoms with Crippen LogP contribution < -0.4 is 0 Å². The Morgan fingerprint density at radius 3 is 2.54 bits per heavy atom. The zero-order valence-corrected chi connectivity index (χ0v) is 14.5. The lowest BCUT2D eigenvalue weighted by Crippen LogP contribution is -2.70. The molecule has 7 nitrogen and oxygen atoms in total. The molecular weight excluding hydrogens is 336 g/mol. The van der Waals surface area contributed by atoms with Gasteiger partial charge in [-0.25, -0.2) is 0 Å². The molecule has 1 aromatic rings. The van der Waals surface area contributed by atoms with Gasteiger partial charge in [0.15, 0.2) is 17.3 Å². The highest BCUT2D eigenvalue weighted by atomic mass is 32.2. The van der Waals surface area contributed by atoms with Crippen LogP contribution in [0.25, 0.3) is 0 Å². The first kappa shape index (κ1) is 19.5. The van der Waals surface area contributed by atoms with Gasteiger partial charge in [0, 0.05) is 12.9 Å². The largest absolute Gasteiger partial charge is 0.394 e. The number of hydrogen-bond acceptors (Lipinski definition) is 7. The van der Waals surface area contributed by atoms with E-state index >= 15 is 0 Å². The lowest BCUT2D eigenvalue weighted by Gasteiger charge is -2.48. The third-order valence-electron chi connectivity index (χ3n) is 4.06. The lowest BCUT2D eigenvalue weighted by atomic mass is 9.98. The maximum absolute atomic E-state index is 12.4. The zero-order valence-electron chi connectivity index (χ0n) is 13.7. The number of aliphatic hydroxyl groups is 3. The minimum Gasteiger partial charge on any atom is -0.394 e.